The Morgan fingerprint density at radius 1 is 1.25 bits per heavy atom. The summed E-state index contributed by atoms with van der Waals surface area (Å²) >= 11 is 0. The van der Waals surface area contributed by atoms with Crippen LogP contribution in [0, 0.1) is 0 Å². The molecule has 1 N–H and O–H groups in total. The maximum absolute atomic E-state index is 12.3. The topological polar surface area (TPSA) is 70.5 Å². The van der Waals surface area contributed by atoms with Crippen LogP contribution < -0.4 is 0 Å². The number of hydrogen-bond acceptors (Lipinski definition) is 3. The van der Waals surface area contributed by atoms with Crippen molar-refractivity contribution in [3.63, 3.8) is 0 Å². The molecule has 1 aromatic rings. The third-order valence-corrected chi connectivity index (χ3v) is 2.70. The van der Waals surface area contributed by atoms with Gasteiger partial charge in [-0.25, -0.2) is 4.79 Å². The highest BCUT2D eigenvalue weighted by Gasteiger charge is 2.14. The normalized spacial score (nSPS) is 10.7. The molecule has 0 bridgehead atoms. The molecule has 20 heavy (non-hydrogen) atoms. The van der Waals surface area contributed by atoms with Gasteiger partial charge in [-0.15, -0.1) is 0 Å². The number of aliphatic carboxylic acids is 1. The van der Waals surface area contributed by atoms with Crippen LogP contribution in [0.15, 0.2) is 24.4 Å². The summed E-state index contributed by atoms with van der Waals surface area (Å²) in [5.41, 5.74) is 1.04. The fourth-order valence-corrected chi connectivity index (χ4v) is 1.81. The summed E-state index contributed by atoms with van der Waals surface area (Å²) in [7, 11) is 0. The Hall–Kier alpha value is -2.17. The number of aromatic nitrogens is 1. The molecule has 0 unspecified atom stereocenters. The third kappa shape index (κ3) is 4.84. The van der Waals surface area contributed by atoms with Crippen LogP contribution in [0.1, 0.15) is 42.7 Å². The van der Waals surface area contributed by atoms with Crippen molar-refractivity contribution in [2.24, 2.45) is 0 Å². The monoisotopic (exact) mass is 276 g/mol. The predicted octanol–water partition coefficient (Wildman–Crippen LogP) is 2.44. The number of nitrogens with zero attached hydrogens (tertiary/aromatic N) is 2. The van der Waals surface area contributed by atoms with Crippen LogP contribution in [-0.2, 0) is 4.79 Å². The van der Waals surface area contributed by atoms with Gasteiger partial charge in [-0.2, -0.15) is 0 Å². The summed E-state index contributed by atoms with van der Waals surface area (Å²) in [4.78, 5) is 28.6. The van der Waals surface area contributed by atoms with Crippen LogP contribution in [0.2, 0.25) is 0 Å². The minimum absolute atomic E-state index is 0.0811. The number of hydrogen-bond donors (Lipinski definition) is 1. The Bertz CT molecular complexity index is 474. The highest BCUT2D eigenvalue weighted by atomic mass is 16.4. The van der Waals surface area contributed by atoms with Crippen molar-refractivity contribution in [2.75, 3.05) is 13.1 Å². The van der Waals surface area contributed by atoms with E-state index in [0.717, 1.165) is 32.0 Å². The quantitative estimate of drug-likeness (QED) is 0.776. The summed E-state index contributed by atoms with van der Waals surface area (Å²) in [5, 5.41) is 8.54. The molecule has 0 atom stereocenters. The average Bonchev–Trinajstić information content (AvgIpc) is 2.44. The minimum atomic E-state index is -1.01. The van der Waals surface area contributed by atoms with E-state index in [1.54, 1.807) is 17.0 Å². The zero-order chi connectivity index (χ0) is 15.0. The van der Waals surface area contributed by atoms with Crippen molar-refractivity contribution < 1.29 is 14.7 Å². The predicted molar refractivity (Wildman–Crippen MR) is 77.4 cm³/mol. The van der Waals surface area contributed by atoms with Crippen molar-refractivity contribution in [3.8, 4) is 0 Å². The van der Waals surface area contributed by atoms with Crippen LogP contribution in [0.4, 0.5) is 0 Å². The fourth-order valence-electron chi connectivity index (χ4n) is 1.81. The van der Waals surface area contributed by atoms with Gasteiger partial charge in [0.05, 0.1) is 0 Å². The van der Waals surface area contributed by atoms with Crippen LogP contribution in [0.3, 0.4) is 0 Å². The second-order valence-electron chi connectivity index (χ2n) is 4.44. The zero-order valence-corrected chi connectivity index (χ0v) is 11.9. The van der Waals surface area contributed by atoms with E-state index in [2.05, 4.69) is 4.98 Å². The Labute approximate surface area is 118 Å². The lowest BCUT2D eigenvalue weighted by atomic mass is 10.2. The van der Waals surface area contributed by atoms with Crippen molar-refractivity contribution in [2.45, 2.75) is 26.7 Å². The summed E-state index contributed by atoms with van der Waals surface area (Å²) < 4.78 is 0. The molecule has 0 fully saturated rings. The second-order valence-corrected chi connectivity index (χ2v) is 4.44. The first-order valence-corrected chi connectivity index (χ1v) is 6.74. The summed E-state index contributed by atoms with van der Waals surface area (Å²) in [6.45, 7) is 5.50. The first-order chi connectivity index (χ1) is 9.58. The Morgan fingerprint density at radius 3 is 2.35 bits per heavy atom. The molecule has 108 valence electrons. The smallest absolute Gasteiger partial charge is 0.328 e. The lowest BCUT2D eigenvalue weighted by Gasteiger charge is -2.20. The molecule has 1 rings (SSSR count). The SMILES string of the molecule is CCCN(CCC)C(=O)c1ccc(C=CC(=O)O)cn1. The number of carbonyl (C=O) groups excluding carboxylic acids is 1. The molecular weight excluding hydrogens is 256 g/mol. The van der Waals surface area contributed by atoms with E-state index in [0.29, 0.717) is 11.3 Å². The summed E-state index contributed by atoms with van der Waals surface area (Å²) in [5.74, 6) is -1.09. The van der Waals surface area contributed by atoms with Gasteiger partial charge in [-0.05, 0) is 30.5 Å². The molecule has 1 heterocycles. The van der Waals surface area contributed by atoms with Crippen LogP contribution >= 0.6 is 0 Å². The molecule has 0 aliphatic rings. The Kier molecular flexibility index (Phi) is 6.43. The third-order valence-electron chi connectivity index (χ3n) is 2.70. The molecule has 5 nitrogen and oxygen atoms in total. The van der Waals surface area contributed by atoms with Crippen molar-refractivity contribution in [1.82, 2.24) is 9.88 Å². The van der Waals surface area contributed by atoms with Gasteiger partial charge in [0.2, 0.25) is 0 Å². The minimum Gasteiger partial charge on any atom is -0.478 e. The van der Waals surface area contributed by atoms with Crippen LogP contribution in [-0.4, -0.2) is 40.0 Å². The first-order valence-electron chi connectivity index (χ1n) is 6.74. The van der Waals surface area contributed by atoms with Crippen LogP contribution in [0.25, 0.3) is 6.08 Å². The van der Waals surface area contributed by atoms with Gasteiger partial charge in [0.1, 0.15) is 5.69 Å². The number of pyridine rings is 1. The van der Waals surface area contributed by atoms with E-state index in [-0.39, 0.29) is 5.91 Å². The number of carbonyl (C=O) groups is 2. The van der Waals surface area contributed by atoms with E-state index in [9.17, 15) is 9.59 Å². The van der Waals surface area contributed by atoms with Gasteiger partial charge in [0, 0.05) is 25.4 Å². The summed E-state index contributed by atoms with van der Waals surface area (Å²) in [6.07, 6.45) is 5.80. The van der Waals surface area contributed by atoms with Gasteiger partial charge in [-0.3, -0.25) is 9.78 Å². The molecule has 1 amide bonds. The van der Waals surface area contributed by atoms with E-state index >= 15 is 0 Å². The Morgan fingerprint density at radius 2 is 1.90 bits per heavy atom. The summed E-state index contributed by atoms with van der Waals surface area (Å²) in [6, 6.07) is 3.32. The Balaban J connectivity index is 2.80. The molecular formula is C15H20N2O3. The van der Waals surface area contributed by atoms with Crippen molar-refractivity contribution >= 4 is 18.0 Å². The molecule has 1 aromatic heterocycles. The van der Waals surface area contributed by atoms with Gasteiger partial charge in [-0.1, -0.05) is 19.9 Å². The van der Waals surface area contributed by atoms with Gasteiger partial charge in [0.25, 0.3) is 5.91 Å². The highest BCUT2D eigenvalue weighted by Crippen LogP contribution is 2.07. The number of rotatable bonds is 7. The lowest BCUT2D eigenvalue weighted by molar-refractivity contribution is -0.131. The average molecular weight is 276 g/mol. The molecule has 0 radical (unpaired) electrons. The number of carboxylic acid groups (broad SMARTS) is 1. The van der Waals surface area contributed by atoms with E-state index in [1.165, 1.54) is 12.3 Å². The molecule has 0 aromatic carbocycles. The fraction of sp³-hybridized carbons (Fsp3) is 0.400. The van der Waals surface area contributed by atoms with E-state index in [4.69, 9.17) is 5.11 Å². The largest absolute Gasteiger partial charge is 0.478 e. The molecule has 0 saturated heterocycles. The molecule has 0 spiro atoms. The lowest BCUT2D eigenvalue weighted by Crippen LogP contribution is -2.33. The van der Waals surface area contributed by atoms with Crippen LogP contribution in [0.5, 0.6) is 0 Å². The van der Waals surface area contributed by atoms with E-state index < -0.39 is 5.97 Å². The van der Waals surface area contributed by atoms with Gasteiger partial charge >= 0.3 is 5.97 Å². The number of amides is 1. The molecule has 5 heteroatoms. The van der Waals surface area contributed by atoms with Gasteiger partial charge < -0.3 is 10.0 Å². The second kappa shape index (κ2) is 8.09. The number of carboxylic acids is 1. The first kappa shape index (κ1) is 15.9. The molecule has 0 aliphatic heterocycles. The van der Waals surface area contributed by atoms with E-state index in [1.807, 2.05) is 13.8 Å². The standard InChI is InChI=1S/C15H20N2O3/c1-3-9-17(10-4-2)15(20)13-7-5-12(11-16-13)6-8-14(18)19/h5-8,11H,3-4,9-10H2,1-2H3,(H,18,19). The van der Waals surface area contributed by atoms with Crippen molar-refractivity contribution in [1.29, 1.82) is 0 Å². The molecule has 0 aliphatic carbocycles. The maximum atomic E-state index is 12.3. The van der Waals surface area contributed by atoms with Gasteiger partial charge in [0.15, 0.2) is 0 Å². The van der Waals surface area contributed by atoms with Crippen molar-refractivity contribution in [3.05, 3.63) is 35.7 Å². The highest BCUT2D eigenvalue weighted by molar-refractivity contribution is 5.92. The maximum Gasteiger partial charge on any atom is 0.328 e. The zero-order valence-electron chi connectivity index (χ0n) is 11.9. The molecule has 0 saturated carbocycles.